The van der Waals surface area contributed by atoms with E-state index in [4.69, 9.17) is 15.8 Å². The molecular formula is C12H7BrN4. The van der Waals surface area contributed by atoms with Gasteiger partial charge in [0, 0.05) is 10.2 Å². The molecule has 0 saturated heterocycles. The fraction of sp³-hybridized carbons (Fsp3) is 0.0833. The van der Waals surface area contributed by atoms with Crippen LogP contribution in [0.15, 0.2) is 33.9 Å². The van der Waals surface area contributed by atoms with Crippen LogP contribution in [0.25, 0.3) is 0 Å². The van der Waals surface area contributed by atoms with Gasteiger partial charge in [0.2, 0.25) is 0 Å². The summed E-state index contributed by atoms with van der Waals surface area (Å²) in [5.41, 5.74) is 1.32. The highest BCUT2D eigenvalue weighted by Crippen LogP contribution is 2.22. The fourth-order valence-electron chi connectivity index (χ4n) is 1.15. The molecule has 82 valence electrons. The molecule has 0 unspecified atom stereocenters. The van der Waals surface area contributed by atoms with E-state index in [1.165, 1.54) is 0 Å². The van der Waals surface area contributed by atoms with Crippen LogP contribution in [0.2, 0.25) is 0 Å². The van der Waals surface area contributed by atoms with Crippen LogP contribution in [0.4, 0.5) is 5.69 Å². The Morgan fingerprint density at radius 3 is 2.35 bits per heavy atom. The van der Waals surface area contributed by atoms with Crippen LogP contribution in [0, 0.1) is 40.9 Å². The Morgan fingerprint density at radius 1 is 1.18 bits per heavy atom. The first kappa shape index (κ1) is 12.8. The molecular weight excluding hydrogens is 280 g/mol. The predicted octanol–water partition coefficient (Wildman–Crippen LogP) is 2.99. The Morgan fingerprint density at radius 2 is 1.82 bits per heavy atom. The van der Waals surface area contributed by atoms with Crippen LogP contribution in [0.3, 0.4) is 0 Å². The summed E-state index contributed by atoms with van der Waals surface area (Å²) in [6, 6.07) is 10.7. The van der Waals surface area contributed by atoms with Crippen molar-refractivity contribution in [1.82, 2.24) is 0 Å². The summed E-state index contributed by atoms with van der Waals surface area (Å²) in [5.74, 6) is 0. The van der Waals surface area contributed by atoms with Gasteiger partial charge in [-0.25, -0.2) is 0 Å². The van der Waals surface area contributed by atoms with Crippen molar-refractivity contribution in [2.45, 2.75) is 6.92 Å². The number of nitrogens with one attached hydrogen (secondary N) is 1. The molecule has 0 radical (unpaired) electrons. The number of nitriles is 3. The SMILES string of the molecule is Cc1ccc(Br)cc1NC(C#N)=C(C#N)C#N. The molecule has 0 fully saturated rings. The number of aryl methyl sites for hydroxylation is 1. The minimum absolute atomic E-state index is 0.0452. The van der Waals surface area contributed by atoms with E-state index in [2.05, 4.69) is 21.2 Å². The maximum Gasteiger partial charge on any atom is 0.163 e. The zero-order chi connectivity index (χ0) is 12.8. The molecule has 0 atom stereocenters. The molecule has 0 bridgehead atoms. The molecule has 0 amide bonds. The number of anilines is 1. The van der Waals surface area contributed by atoms with Gasteiger partial charge in [0.05, 0.1) is 0 Å². The van der Waals surface area contributed by atoms with E-state index >= 15 is 0 Å². The van der Waals surface area contributed by atoms with E-state index in [1.807, 2.05) is 25.1 Å². The second-order valence-electron chi connectivity index (χ2n) is 3.17. The summed E-state index contributed by atoms with van der Waals surface area (Å²) in [4.78, 5) is 0. The lowest BCUT2D eigenvalue weighted by atomic mass is 10.2. The highest BCUT2D eigenvalue weighted by Gasteiger charge is 2.07. The minimum atomic E-state index is -0.230. The van der Waals surface area contributed by atoms with Crippen molar-refractivity contribution in [1.29, 1.82) is 15.8 Å². The molecule has 5 heteroatoms. The lowest BCUT2D eigenvalue weighted by Gasteiger charge is -2.08. The molecule has 0 saturated carbocycles. The normalized spacial score (nSPS) is 8.41. The summed E-state index contributed by atoms with van der Waals surface area (Å²) in [5, 5.41) is 29.1. The van der Waals surface area contributed by atoms with Gasteiger partial charge in [-0.15, -0.1) is 0 Å². The molecule has 1 aromatic carbocycles. The number of rotatable bonds is 2. The maximum absolute atomic E-state index is 8.90. The van der Waals surface area contributed by atoms with Gasteiger partial charge in [-0.1, -0.05) is 22.0 Å². The van der Waals surface area contributed by atoms with Gasteiger partial charge in [0.25, 0.3) is 0 Å². The monoisotopic (exact) mass is 286 g/mol. The van der Waals surface area contributed by atoms with Gasteiger partial charge in [0.15, 0.2) is 5.57 Å². The molecule has 0 aliphatic heterocycles. The van der Waals surface area contributed by atoms with Gasteiger partial charge in [-0.2, -0.15) is 15.8 Å². The fourth-order valence-corrected chi connectivity index (χ4v) is 1.51. The van der Waals surface area contributed by atoms with Crippen LogP contribution in [-0.2, 0) is 0 Å². The second kappa shape index (κ2) is 5.70. The molecule has 0 aliphatic carbocycles. The van der Waals surface area contributed by atoms with Crippen LogP contribution < -0.4 is 5.32 Å². The summed E-state index contributed by atoms with van der Waals surface area (Å²) in [6.45, 7) is 1.86. The Balaban J connectivity index is 3.20. The first-order valence-electron chi connectivity index (χ1n) is 4.60. The standard InChI is InChI=1S/C12H7BrN4/c1-8-2-3-10(13)4-11(8)17-12(7-16)9(5-14)6-15/h2-4,17H,1H3. The number of nitrogens with zero attached hydrogens (tertiary/aromatic N) is 3. The molecule has 4 nitrogen and oxygen atoms in total. The van der Waals surface area contributed by atoms with E-state index < -0.39 is 0 Å². The van der Waals surface area contributed by atoms with E-state index in [-0.39, 0.29) is 11.3 Å². The summed E-state index contributed by atoms with van der Waals surface area (Å²) >= 11 is 3.31. The molecule has 0 aliphatic rings. The third kappa shape index (κ3) is 3.08. The predicted molar refractivity (Wildman–Crippen MR) is 66.4 cm³/mol. The van der Waals surface area contributed by atoms with Crippen LogP contribution >= 0.6 is 15.9 Å². The number of benzene rings is 1. The van der Waals surface area contributed by atoms with Gasteiger partial charge >= 0.3 is 0 Å². The minimum Gasteiger partial charge on any atom is -0.345 e. The zero-order valence-electron chi connectivity index (χ0n) is 8.95. The molecule has 0 spiro atoms. The number of allylic oxidation sites excluding steroid dienone is 2. The van der Waals surface area contributed by atoms with E-state index in [0.717, 1.165) is 10.0 Å². The van der Waals surface area contributed by atoms with Crippen molar-refractivity contribution in [3.8, 4) is 18.2 Å². The van der Waals surface area contributed by atoms with Crippen molar-refractivity contribution >= 4 is 21.6 Å². The summed E-state index contributed by atoms with van der Waals surface area (Å²) in [6.07, 6.45) is 0. The van der Waals surface area contributed by atoms with Crippen LogP contribution in [0.1, 0.15) is 5.56 Å². The Labute approximate surface area is 108 Å². The van der Waals surface area contributed by atoms with E-state index in [1.54, 1.807) is 18.2 Å². The Kier molecular flexibility index (Phi) is 4.29. The van der Waals surface area contributed by atoms with Crippen molar-refractivity contribution < 1.29 is 0 Å². The zero-order valence-corrected chi connectivity index (χ0v) is 10.5. The maximum atomic E-state index is 8.90. The van der Waals surface area contributed by atoms with Crippen molar-refractivity contribution in [2.75, 3.05) is 5.32 Å². The molecule has 17 heavy (non-hydrogen) atoms. The van der Waals surface area contributed by atoms with Gasteiger partial charge < -0.3 is 5.32 Å². The second-order valence-corrected chi connectivity index (χ2v) is 4.09. The van der Waals surface area contributed by atoms with E-state index in [9.17, 15) is 0 Å². The smallest absolute Gasteiger partial charge is 0.163 e. The first-order valence-corrected chi connectivity index (χ1v) is 5.39. The van der Waals surface area contributed by atoms with Crippen molar-refractivity contribution in [3.63, 3.8) is 0 Å². The van der Waals surface area contributed by atoms with Crippen LogP contribution in [-0.4, -0.2) is 0 Å². The molecule has 1 aromatic rings. The largest absolute Gasteiger partial charge is 0.345 e. The lowest BCUT2D eigenvalue weighted by molar-refractivity contribution is 1.34. The topological polar surface area (TPSA) is 83.4 Å². The summed E-state index contributed by atoms with van der Waals surface area (Å²) < 4.78 is 0.846. The molecule has 0 heterocycles. The highest BCUT2D eigenvalue weighted by atomic mass is 79.9. The average Bonchev–Trinajstić information content (AvgIpc) is 2.33. The molecule has 0 aromatic heterocycles. The van der Waals surface area contributed by atoms with Gasteiger partial charge in [-0.05, 0) is 24.6 Å². The summed E-state index contributed by atoms with van der Waals surface area (Å²) in [7, 11) is 0. The third-order valence-electron chi connectivity index (χ3n) is 2.04. The first-order chi connectivity index (χ1) is 8.12. The quantitative estimate of drug-likeness (QED) is 0.847. The molecule has 1 rings (SSSR count). The Hall–Kier alpha value is -2.29. The van der Waals surface area contributed by atoms with Crippen molar-refractivity contribution in [2.24, 2.45) is 0 Å². The lowest BCUT2D eigenvalue weighted by Crippen LogP contribution is -2.02. The number of hydrogen-bond donors (Lipinski definition) is 1. The molecule has 1 N–H and O–H groups in total. The highest BCUT2D eigenvalue weighted by molar-refractivity contribution is 9.10. The van der Waals surface area contributed by atoms with Gasteiger partial charge in [0.1, 0.15) is 23.9 Å². The van der Waals surface area contributed by atoms with Crippen LogP contribution in [0.5, 0.6) is 0 Å². The van der Waals surface area contributed by atoms with E-state index in [0.29, 0.717) is 5.69 Å². The number of hydrogen-bond acceptors (Lipinski definition) is 4. The van der Waals surface area contributed by atoms with Crippen molar-refractivity contribution in [3.05, 3.63) is 39.5 Å². The third-order valence-corrected chi connectivity index (χ3v) is 2.54. The Bertz CT molecular complexity index is 580. The average molecular weight is 287 g/mol. The van der Waals surface area contributed by atoms with Gasteiger partial charge in [-0.3, -0.25) is 0 Å². The number of halogens is 1.